The van der Waals surface area contributed by atoms with Crippen molar-refractivity contribution in [3.8, 4) is 0 Å². The van der Waals surface area contributed by atoms with Gasteiger partial charge in [0.25, 0.3) is 0 Å². The molecule has 1 aromatic carbocycles. The highest BCUT2D eigenvalue weighted by Crippen LogP contribution is 2.38. The quantitative estimate of drug-likeness (QED) is 0.866. The van der Waals surface area contributed by atoms with E-state index in [0.29, 0.717) is 17.3 Å². The standard InChI is InChI=1S/C14H18ClN3O2S/c1-16-5-6-18(2)13(19)8-12-14(20)17-10-7-9(15)3-4-11(10)21-12/h3-4,7,12,16H,5-6,8H2,1-2H3,(H,17,20). The van der Waals surface area contributed by atoms with Crippen molar-refractivity contribution < 1.29 is 9.59 Å². The summed E-state index contributed by atoms with van der Waals surface area (Å²) in [4.78, 5) is 26.8. The SMILES string of the molecule is CNCCN(C)C(=O)CC1Sc2ccc(Cl)cc2NC1=O. The van der Waals surface area contributed by atoms with Crippen molar-refractivity contribution in [3.05, 3.63) is 23.2 Å². The number of benzene rings is 1. The number of fused-ring (bicyclic) bond motifs is 1. The first-order valence-corrected chi connectivity index (χ1v) is 7.92. The van der Waals surface area contributed by atoms with Crippen molar-refractivity contribution in [2.24, 2.45) is 0 Å². The van der Waals surface area contributed by atoms with Crippen molar-refractivity contribution in [3.63, 3.8) is 0 Å². The number of likely N-dealkylation sites (N-methyl/N-ethyl adjacent to an activating group) is 2. The minimum Gasteiger partial charge on any atom is -0.344 e. The molecule has 5 nitrogen and oxygen atoms in total. The summed E-state index contributed by atoms with van der Waals surface area (Å²) in [7, 11) is 3.59. The van der Waals surface area contributed by atoms with Gasteiger partial charge in [0.05, 0.1) is 10.9 Å². The van der Waals surface area contributed by atoms with E-state index >= 15 is 0 Å². The highest BCUT2D eigenvalue weighted by Gasteiger charge is 2.29. The van der Waals surface area contributed by atoms with E-state index in [2.05, 4.69) is 10.6 Å². The average Bonchev–Trinajstić information content (AvgIpc) is 2.45. The maximum atomic E-state index is 12.1. The molecule has 1 aliphatic rings. The van der Waals surface area contributed by atoms with Gasteiger partial charge in [0, 0.05) is 36.5 Å². The summed E-state index contributed by atoms with van der Waals surface area (Å²) in [6, 6.07) is 5.37. The molecule has 114 valence electrons. The maximum Gasteiger partial charge on any atom is 0.238 e. The normalized spacial score (nSPS) is 17.1. The first kappa shape index (κ1) is 16.1. The van der Waals surface area contributed by atoms with Crippen molar-refractivity contribution in [2.75, 3.05) is 32.5 Å². The molecule has 0 fully saturated rings. The van der Waals surface area contributed by atoms with Gasteiger partial charge in [-0.05, 0) is 25.2 Å². The lowest BCUT2D eigenvalue weighted by Crippen LogP contribution is -2.38. The van der Waals surface area contributed by atoms with E-state index in [-0.39, 0.29) is 18.2 Å². The van der Waals surface area contributed by atoms with Crippen molar-refractivity contribution in [2.45, 2.75) is 16.6 Å². The molecule has 1 heterocycles. The third-order valence-electron chi connectivity index (χ3n) is 3.24. The fraction of sp³-hybridized carbons (Fsp3) is 0.429. The molecule has 21 heavy (non-hydrogen) atoms. The van der Waals surface area contributed by atoms with Gasteiger partial charge < -0.3 is 15.5 Å². The van der Waals surface area contributed by atoms with Gasteiger partial charge >= 0.3 is 0 Å². The second-order valence-electron chi connectivity index (χ2n) is 4.86. The van der Waals surface area contributed by atoms with E-state index in [9.17, 15) is 9.59 Å². The van der Waals surface area contributed by atoms with E-state index in [1.807, 2.05) is 13.1 Å². The Balaban J connectivity index is 2.00. The maximum absolute atomic E-state index is 12.1. The Bertz CT molecular complexity index is 553. The van der Waals surface area contributed by atoms with Crippen LogP contribution in [0.3, 0.4) is 0 Å². The number of nitrogens with zero attached hydrogens (tertiary/aromatic N) is 1. The molecule has 0 radical (unpaired) electrons. The lowest BCUT2D eigenvalue weighted by atomic mass is 10.2. The second kappa shape index (κ2) is 7.15. The number of rotatable bonds is 5. The van der Waals surface area contributed by atoms with Crippen LogP contribution in [0.15, 0.2) is 23.1 Å². The van der Waals surface area contributed by atoms with E-state index in [1.54, 1.807) is 24.1 Å². The Morgan fingerprint density at radius 3 is 3.00 bits per heavy atom. The van der Waals surface area contributed by atoms with Crippen LogP contribution in [0, 0.1) is 0 Å². The molecule has 0 saturated carbocycles. The average molecular weight is 328 g/mol. The summed E-state index contributed by atoms with van der Waals surface area (Å²) in [5.41, 5.74) is 0.713. The zero-order chi connectivity index (χ0) is 15.4. The molecule has 2 amide bonds. The molecule has 0 spiro atoms. The third-order valence-corrected chi connectivity index (χ3v) is 4.75. The molecule has 1 aliphatic heterocycles. The van der Waals surface area contributed by atoms with Crippen LogP contribution < -0.4 is 10.6 Å². The highest BCUT2D eigenvalue weighted by atomic mass is 35.5. The number of anilines is 1. The number of halogens is 1. The molecule has 1 aromatic rings. The highest BCUT2D eigenvalue weighted by molar-refractivity contribution is 8.01. The second-order valence-corrected chi connectivity index (χ2v) is 6.54. The van der Waals surface area contributed by atoms with Crippen LogP contribution in [-0.4, -0.2) is 49.1 Å². The Hall–Kier alpha value is -1.24. The van der Waals surface area contributed by atoms with Crippen LogP contribution in [-0.2, 0) is 9.59 Å². The first-order valence-electron chi connectivity index (χ1n) is 6.67. The van der Waals surface area contributed by atoms with E-state index in [1.165, 1.54) is 11.8 Å². The zero-order valence-electron chi connectivity index (χ0n) is 12.0. The number of carbonyl (C=O) groups is 2. The predicted octanol–water partition coefficient (Wildman–Crippen LogP) is 1.82. The van der Waals surface area contributed by atoms with E-state index in [4.69, 9.17) is 11.6 Å². The summed E-state index contributed by atoms with van der Waals surface area (Å²) in [6.45, 7) is 1.36. The lowest BCUT2D eigenvalue weighted by Gasteiger charge is -2.25. The topological polar surface area (TPSA) is 61.4 Å². The molecule has 2 N–H and O–H groups in total. The minimum absolute atomic E-state index is 0.0321. The van der Waals surface area contributed by atoms with Crippen LogP contribution in [0.5, 0.6) is 0 Å². The van der Waals surface area contributed by atoms with Gasteiger partial charge in [0.1, 0.15) is 0 Å². The van der Waals surface area contributed by atoms with Crippen LogP contribution >= 0.6 is 23.4 Å². The number of amides is 2. The Morgan fingerprint density at radius 1 is 1.52 bits per heavy atom. The fourth-order valence-electron chi connectivity index (χ4n) is 1.98. The summed E-state index contributed by atoms with van der Waals surface area (Å²) in [6.07, 6.45) is 0.193. The van der Waals surface area contributed by atoms with Gasteiger partial charge in [-0.25, -0.2) is 0 Å². The predicted molar refractivity (Wildman–Crippen MR) is 85.9 cm³/mol. The van der Waals surface area contributed by atoms with Gasteiger partial charge in [-0.2, -0.15) is 0 Å². The van der Waals surface area contributed by atoms with Gasteiger partial charge in [-0.15, -0.1) is 11.8 Å². The van der Waals surface area contributed by atoms with Crippen molar-refractivity contribution in [1.82, 2.24) is 10.2 Å². The van der Waals surface area contributed by atoms with E-state index in [0.717, 1.165) is 11.4 Å². The zero-order valence-corrected chi connectivity index (χ0v) is 13.6. The first-order chi connectivity index (χ1) is 10.0. The van der Waals surface area contributed by atoms with Gasteiger partial charge in [0.2, 0.25) is 11.8 Å². The molecule has 0 bridgehead atoms. The fourth-order valence-corrected chi connectivity index (χ4v) is 3.23. The van der Waals surface area contributed by atoms with Crippen molar-refractivity contribution >= 4 is 40.9 Å². The summed E-state index contributed by atoms with van der Waals surface area (Å²) >= 11 is 7.32. The smallest absolute Gasteiger partial charge is 0.238 e. The van der Waals surface area contributed by atoms with E-state index < -0.39 is 5.25 Å². The Labute approximate surface area is 133 Å². The number of thioether (sulfide) groups is 1. The molecule has 0 aromatic heterocycles. The largest absolute Gasteiger partial charge is 0.344 e. The van der Waals surface area contributed by atoms with Crippen LogP contribution in [0.25, 0.3) is 0 Å². The summed E-state index contributed by atoms with van der Waals surface area (Å²) < 4.78 is 0. The summed E-state index contributed by atoms with van der Waals surface area (Å²) in [5.74, 6) is -0.180. The molecule has 2 rings (SSSR count). The lowest BCUT2D eigenvalue weighted by molar-refractivity contribution is -0.131. The Morgan fingerprint density at radius 2 is 2.29 bits per heavy atom. The van der Waals surface area contributed by atoms with Crippen LogP contribution in [0.1, 0.15) is 6.42 Å². The molecule has 1 atom stereocenters. The number of carbonyl (C=O) groups excluding carboxylic acids is 2. The molecular weight excluding hydrogens is 310 g/mol. The minimum atomic E-state index is -0.400. The van der Waals surface area contributed by atoms with Crippen molar-refractivity contribution in [1.29, 1.82) is 0 Å². The van der Waals surface area contributed by atoms with Gasteiger partial charge in [-0.1, -0.05) is 11.6 Å². The molecule has 7 heteroatoms. The summed E-state index contributed by atoms with van der Waals surface area (Å²) in [5, 5.41) is 5.98. The monoisotopic (exact) mass is 327 g/mol. The molecule has 1 unspecified atom stereocenters. The molecule has 0 aliphatic carbocycles. The van der Waals surface area contributed by atoms with Gasteiger partial charge in [0.15, 0.2) is 0 Å². The Kier molecular flexibility index (Phi) is 5.50. The number of nitrogens with one attached hydrogen (secondary N) is 2. The number of hydrogen-bond acceptors (Lipinski definition) is 4. The van der Waals surface area contributed by atoms with Gasteiger partial charge in [-0.3, -0.25) is 9.59 Å². The number of hydrogen-bond donors (Lipinski definition) is 2. The van der Waals surface area contributed by atoms with Crippen LogP contribution in [0.4, 0.5) is 5.69 Å². The molecule has 0 saturated heterocycles. The molecular formula is C14H18ClN3O2S. The van der Waals surface area contributed by atoms with Crippen LogP contribution in [0.2, 0.25) is 5.02 Å². The third kappa shape index (κ3) is 4.12.